The van der Waals surface area contributed by atoms with Crippen LogP contribution in [0.15, 0.2) is 41.3 Å². The Hall–Kier alpha value is -2.83. The van der Waals surface area contributed by atoms with Gasteiger partial charge in [0.25, 0.3) is 11.6 Å². The van der Waals surface area contributed by atoms with Crippen LogP contribution in [0, 0.1) is 10.1 Å². The van der Waals surface area contributed by atoms with E-state index in [1.165, 1.54) is 36.5 Å². The van der Waals surface area contributed by atoms with Crippen molar-refractivity contribution in [3.8, 4) is 0 Å². The molecule has 0 radical (unpaired) electrons. The van der Waals surface area contributed by atoms with Crippen molar-refractivity contribution in [3.05, 3.63) is 56.3 Å². The molecule has 0 unspecified atom stereocenters. The molecule has 0 aliphatic rings. The number of carbonyl (C=O) groups excluding carboxylic acids is 2. The minimum Gasteiger partial charge on any atom is -0.351 e. The van der Waals surface area contributed by atoms with E-state index in [0.717, 1.165) is 10.9 Å². The van der Waals surface area contributed by atoms with E-state index in [1.807, 2.05) is 0 Å². The summed E-state index contributed by atoms with van der Waals surface area (Å²) in [5.41, 5.74) is -0.330. The Labute approximate surface area is 165 Å². The smallest absolute Gasteiger partial charge is 0.270 e. The molecule has 0 aliphatic carbocycles. The summed E-state index contributed by atoms with van der Waals surface area (Å²) in [6.45, 7) is 1.68. The minimum absolute atomic E-state index is 0.0337. The fourth-order valence-corrected chi connectivity index (χ4v) is 4.04. The summed E-state index contributed by atoms with van der Waals surface area (Å²) in [6, 6.07) is 8.02. The van der Waals surface area contributed by atoms with E-state index in [9.17, 15) is 28.1 Å². The lowest BCUT2D eigenvalue weighted by Crippen LogP contribution is -2.34. The van der Waals surface area contributed by atoms with Gasteiger partial charge in [-0.1, -0.05) is 6.07 Å². The van der Waals surface area contributed by atoms with Crippen molar-refractivity contribution in [1.82, 2.24) is 15.4 Å². The van der Waals surface area contributed by atoms with Crippen molar-refractivity contribution in [3.63, 3.8) is 0 Å². The van der Waals surface area contributed by atoms with Crippen LogP contribution in [0.2, 0.25) is 0 Å². The molecule has 150 valence electrons. The Kier molecular flexibility index (Phi) is 7.20. The normalized spacial score (nSPS) is 11.0. The van der Waals surface area contributed by atoms with Crippen LogP contribution in [-0.4, -0.2) is 38.2 Å². The lowest BCUT2D eigenvalue weighted by Gasteiger charge is -2.07. The van der Waals surface area contributed by atoms with E-state index >= 15 is 0 Å². The zero-order valence-electron chi connectivity index (χ0n) is 14.8. The van der Waals surface area contributed by atoms with Gasteiger partial charge in [-0.2, -0.15) is 0 Å². The van der Waals surface area contributed by atoms with Gasteiger partial charge in [0.15, 0.2) is 0 Å². The van der Waals surface area contributed by atoms with Gasteiger partial charge in [0.2, 0.25) is 15.9 Å². The minimum atomic E-state index is -3.93. The van der Waals surface area contributed by atoms with Crippen LogP contribution in [0.1, 0.15) is 21.5 Å². The molecular formula is C16H18N4O6S2. The first-order chi connectivity index (χ1) is 13.2. The molecule has 1 aromatic carbocycles. The summed E-state index contributed by atoms with van der Waals surface area (Å²) < 4.78 is 26.6. The van der Waals surface area contributed by atoms with Gasteiger partial charge in [-0.3, -0.25) is 19.7 Å². The Morgan fingerprint density at radius 3 is 2.57 bits per heavy atom. The van der Waals surface area contributed by atoms with Crippen LogP contribution in [0.3, 0.4) is 0 Å². The van der Waals surface area contributed by atoms with Gasteiger partial charge in [-0.25, -0.2) is 13.1 Å². The van der Waals surface area contributed by atoms with Crippen molar-refractivity contribution in [2.75, 3.05) is 13.1 Å². The molecule has 2 aromatic rings. The van der Waals surface area contributed by atoms with E-state index < -0.39 is 14.9 Å². The van der Waals surface area contributed by atoms with Crippen molar-refractivity contribution in [1.29, 1.82) is 0 Å². The van der Waals surface area contributed by atoms with E-state index in [2.05, 4.69) is 15.4 Å². The number of benzene rings is 1. The molecule has 2 rings (SSSR count). The molecule has 0 saturated carbocycles. The number of carbonyl (C=O) groups is 2. The first-order valence-corrected chi connectivity index (χ1v) is 10.3. The molecule has 1 aromatic heterocycles. The lowest BCUT2D eigenvalue weighted by molar-refractivity contribution is -0.385. The summed E-state index contributed by atoms with van der Waals surface area (Å²) in [7, 11) is -3.93. The Morgan fingerprint density at radius 1 is 1.14 bits per heavy atom. The van der Waals surface area contributed by atoms with E-state index in [1.54, 1.807) is 12.1 Å². The molecule has 10 nitrogen and oxygen atoms in total. The Bertz CT molecular complexity index is 987. The molecular weight excluding hydrogens is 408 g/mol. The molecule has 0 saturated heterocycles. The van der Waals surface area contributed by atoms with Crippen molar-refractivity contribution in [2.24, 2.45) is 0 Å². The maximum Gasteiger partial charge on any atom is 0.270 e. The predicted octanol–water partition coefficient (Wildman–Crippen LogP) is 1.00. The molecule has 0 aliphatic heterocycles. The second-order valence-electron chi connectivity index (χ2n) is 5.58. The maximum atomic E-state index is 12.2. The zero-order valence-corrected chi connectivity index (χ0v) is 16.4. The predicted molar refractivity (Wildman–Crippen MR) is 102 cm³/mol. The first kappa shape index (κ1) is 21.5. The topological polar surface area (TPSA) is 148 Å². The second kappa shape index (κ2) is 9.39. The molecule has 3 N–H and O–H groups in total. The third kappa shape index (κ3) is 6.11. The number of sulfonamides is 1. The van der Waals surface area contributed by atoms with Crippen LogP contribution in [0.25, 0.3) is 0 Å². The van der Waals surface area contributed by atoms with E-state index in [-0.39, 0.29) is 35.5 Å². The summed E-state index contributed by atoms with van der Waals surface area (Å²) in [5, 5.41) is 16.0. The SMILES string of the molecule is CC(=O)NCc1ccc(C(=O)NCCNS(=O)(=O)c2cccc([N+](=O)[O-])c2)s1. The monoisotopic (exact) mass is 426 g/mol. The lowest BCUT2D eigenvalue weighted by atomic mass is 10.3. The molecule has 2 amide bonds. The molecule has 0 spiro atoms. The van der Waals surface area contributed by atoms with Gasteiger partial charge in [-0.15, -0.1) is 11.3 Å². The average Bonchev–Trinajstić information content (AvgIpc) is 3.12. The van der Waals surface area contributed by atoms with Gasteiger partial charge in [0.05, 0.1) is 21.2 Å². The summed E-state index contributed by atoms with van der Waals surface area (Å²) in [6.07, 6.45) is 0. The maximum absolute atomic E-state index is 12.2. The summed E-state index contributed by atoms with van der Waals surface area (Å²) in [5.74, 6) is -0.538. The number of nitrogens with one attached hydrogen (secondary N) is 3. The molecule has 0 atom stereocenters. The highest BCUT2D eigenvalue weighted by atomic mass is 32.2. The number of nitrogens with zero attached hydrogens (tertiary/aromatic N) is 1. The number of nitro groups is 1. The number of amides is 2. The number of thiophene rings is 1. The molecule has 0 fully saturated rings. The fraction of sp³-hybridized carbons (Fsp3) is 0.250. The standard InChI is InChI=1S/C16H18N4O6S2/c1-11(21)18-10-13-5-6-15(27-13)16(22)17-7-8-19-28(25,26)14-4-2-3-12(9-14)20(23)24/h2-6,9,19H,7-8,10H2,1H3,(H,17,22)(H,18,21). The first-order valence-electron chi connectivity index (χ1n) is 8.04. The van der Waals surface area contributed by atoms with Crippen LogP contribution in [0.5, 0.6) is 0 Å². The third-order valence-electron chi connectivity index (χ3n) is 3.44. The molecule has 0 bridgehead atoms. The van der Waals surface area contributed by atoms with Gasteiger partial charge >= 0.3 is 0 Å². The highest BCUT2D eigenvalue weighted by Crippen LogP contribution is 2.17. The van der Waals surface area contributed by atoms with Crippen LogP contribution < -0.4 is 15.4 Å². The number of hydrogen-bond acceptors (Lipinski definition) is 7. The van der Waals surface area contributed by atoms with Crippen LogP contribution in [0.4, 0.5) is 5.69 Å². The molecule has 1 heterocycles. The zero-order chi connectivity index (χ0) is 20.7. The highest BCUT2D eigenvalue weighted by Gasteiger charge is 2.17. The highest BCUT2D eigenvalue weighted by molar-refractivity contribution is 7.89. The summed E-state index contributed by atoms with van der Waals surface area (Å²) in [4.78, 5) is 34.0. The van der Waals surface area contributed by atoms with Gasteiger partial charge in [0.1, 0.15) is 0 Å². The number of nitro benzene ring substituents is 1. The number of rotatable bonds is 9. The quantitative estimate of drug-likeness (QED) is 0.310. The van der Waals surface area contributed by atoms with Gasteiger partial charge in [0, 0.05) is 37.0 Å². The molecule has 28 heavy (non-hydrogen) atoms. The fourth-order valence-electron chi connectivity index (χ4n) is 2.10. The van der Waals surface area contributed by atoms with Crippen LogP contribution >= 0.6 is 11.3 Å². The van der Waals surface area contributed by atoms with Crippen molar-refractivity contribution >= 4 is 38.9 Å². The number of hydrogen-bond donors (Lipinski definition) is 3. The second-order valence-corrected chi connectivity index (χ2v) is 8.52. The van der Waals surface area contributed by atoms with Gasteiger partial charge < -0.3 is 10.6 Å². The van der Waals surface area contributed by atoms with E-state index in [0.29, 0.717) is 11.4 Å². The Morgan fingerprint density at radius 2 is 1.89 bits per heavy atom. The van der Waals surface area contributed by atoms with E-state index in [4.69, 9.17) is 0 Å². The largest absolute Gasteiger partial charge is 0.351 e. The summed E-state index contributed by atoms with van der Waals surface area (Å²) >= 11 is 1.22. The van der Waals surface area contributed by atoms with Crippen LogP contribution in [-0.2, 0) is 21.4 Å². The van der Waals surface area contributed by atoms with Gasteiger partial charge in [-0.05, 0) is 18.2 Å². The van der Waals surface area contributed by atoms with Crippen molar-refractivity contribution < 1.29 is 22.9 Å². The Balaban J connectivity index is 1.84. The third-order valence-corrected chi connectivity index (χ3v) is 5.98. The molecule has 12 heteroatoms. The number of non-ortho nitro benzene ring substituents is 1. The van der Waals surface area contributed by atoms with Crippen molar-refractivity contribution in [2.45, 2.75) is 18.4 Å². The average molecular weight is 426 g/mol.